The molecule has 2 atom stereocenters. The molecule has 1 fully saturated rings. The highest BCUT2D eigenvalue weighted by Crippen LogP contribution is 2.23. The van der Waals surface area contributed by atoms with Gasteiger partial charge in [0.2, 0.25) is 10.0 Å². The topological polar surface area (TPSA) is 90.7 Å². The zero-order valence-corrected chi connectivity index (χ0v) is 13.2. The Hall–Kier alpha value is -1.15. The van der Waals surface area contributed by atoms with Gasteiger partial charge in [-0.3, -0.25) is 0 Å². The van der Waals surface area contributed by atoms with Gasteiger partial charge in [-0.1, -0.05) is 0 Å². The highest BCUT2D eigenvalue weighted by Gasteiger charge is 2.25. The molecular formula is C14H22N2O4S. The van der Waals surface area contributed by atoms with Crippen molar-refractivity contribution >= 4 is 10.0 Å². The lowest BCUT2D eigenvalue weighted by molar-refractivity contribution is 0.0173. The fourth-order valence-electron chi connectivity index (χ4n) is 2.47. The summed E-state index contributed by atoms with van der Waals surface area (Å²) in [6, 6.07) is 4.62. The Labute approximate surface area is 125 Å². The van der Waals surface area contributed by atoms with E-state index in [-0.39, 0.29) is 23.6 Å². The number of benzene rings is 1. The molecule has 2 rings (SSSR count). The molecule has 7 heteroatoms. The van der Waals surface area contributed by atoms with Crippen molar-refractivity contribution in [1.29, 1.82) is 0 Å². The van der Waals surface area contributed by atoms with Crippen LogP contribution in [0.5, 0.6) is 5.75 Å². The van der Waals surface area contributed by atoms with Crippen LogP contribution in [0, 0.1) is 0 Å². The van der Waals surface area contributed by atoms with Crippen LogP contribution in [0.1, 0.15) is 25.3 Å². The SMILES string of the molecule is COc1ccc(S(=O)(=O)NC2CCOC(C)C2)cc1CN. The number of hydrogen-bond donors (Lipinski definition) is 2. The number of ether oxygens (including phenoxy) is 2. The molecule has 1 aromatic rings. The summed E-state index contributed by atoms with van der Waals surface area (Å²) in [6.45, 7) is 2.74. The molecule has 3 N–H and O–H groups in total. The first-order valence-electron chi connectivity index (χ1n) is 6.97. The quantitative estimate of drug-likeness (QED) is 0.846. The molecule has 1 aliphatic heterocycles. The third-order valence-corrected chi connectivity index (χ3v) is 5.11. The largest absolute Gasteiger partial charge is 0.496 e. The van der Waals surface area contributed by atoms with Crippen molar-refractivity contribution in [1.82, 2.24) is 4.72 Å². The average molecular weight is 314 g/mol. The van der Waals surface area contributed by atoms with Crippen LogP contribution in [0.15, 0.2) is 23.1 Å². The molecule has 0 amide bonds. The Balaban J connectivity index is 2.19. The van der Waals surface area contributed by atoms with Crippen molar-refractivity contribution < 1.29 is 17.9 Å². The second-order valence-electron chi connectivity index (χ2n) is 5.20. The molecule has 0 saturated carbocycles. The minimum Gasteiger partial charge on any atom is -0.496 e. The van der Waals surface area contributed by atoms with E-state index in [1.165, 1.54) is 13.2 Å². The van der Waals surface area contributed by atoms with Crippen molar-refractivity contribution in [3.05, 3.63) is 23.8 Å². The number of sulfonamides is 1. The van der Waals surface area contributed by atoms with Crippen molar-refractivity contribution in [3.8, 4) is 5.75 Å². The van der Waals surface area contributed by atoms with Crippen LogP contribution in [0.3, 0.4) is 0 Å². The maximum absolute atomic E-state index is 12.4. The molecule has 1 aromatic carbocycles. The lowest BCUT2D eigenvalue weighted by atomic mass is 10.1. The summed E-state index contributed by atoms with van der Waals surface area (Å²) in [6.07, 6.45) is 1.43. The molecule has 1 saturated heterocycles. The van der Waals surface area contributed by atoms with Gasteiger partial charge in [0.1, 0.15) is 5.75 Å². The summed E-state index contributed by atoms with van der Waals surface area (Å²) in [7, 11) is -2.03. The van der Waals surface area contributed by atoms with E-state index >= 15 is 0 Å². The Morgan fingerprint density at radius 1 is 1.48 bits per heavy atom. The van der Waals surface area contributed by atoms with E-state index in [1.807, 2.05) is 6.92 Å². The molecule has 21 heavy (non-hydrogen) atoms. The van der Waals surface area contributed by atoms with Gasteiger partial charge in [-0.15, -0.1) is 0 Å². The van der Waals surface area contributed by atoms with E-state index in [9.17, 15) is 8.42 Å². The minimum atomic E-state index is -3.56. The first-order valence-corrected chi connectivity index (χ1v) is 8.45. The maximum Gasteiger partial charge on any atom is 0.240 e. The van der Waals surface area contributed by atoms with Crippen LogP contribution < -0.4 is 15.2 Å². The van der Waals surface area contributed by atoms with Gasteiger partial charge >= 0.3 is 0 Å². The molecule has 1 aliphatic rings. The predicted molar refractivity (Wildman–Crippen MR) is 79.6 cm³/mol. The fourth-order valence-corrected chi connectivity index (χ4v) is 3.81. The van der Waals surface area contributed by atoms with Gasteiger partial charge < -0.3 is 15.2 Å². The van der Waals surface area contributed by atoms with Gasteiger partial charge in [0, 0.05) is 24.8 Å². The number of rotatable bonds is 5. The molecule has 0 bridgehead atoms. The third kappa shape index (κ3) is 3.94. The second kappa shape index (κ2) is 6.74. The number of nitrogens with one attached hydrogen (secondary N) is 1. The first kappa shape index (κ1) is 16.2. The normalized spacial score (nSPS) is 23.0. The van der Waals surface area contributed by atoms with Crippen molar-refractivity contribution in [2.45, 2.75) is 43.4 Å². The predicted octanol–water partition coefficient (Wildman–Crippen LogP) is 1.000. The molecule has 0 spiro atoms. The van der Waals surface area contributed by atoms with Gasteiger partial charge in [-0.25, -0.2) is 13.1 Å². The van der Waals surface area contributed by atoms with E-state index in [4.69, 9.17) is 15.2 Å². The van der Waals surface area contributed by atoms with Crippen molar-refractivity contribution in [2.75, 3.05) is 13.7 Å². The Morgan fingerprint density at radius 3 is 2.86 bits per heavy atom. The number of methoxy groups -OCH3 is 1. The summed E-state index contributed by atoms with van der Waals surface area (Å²) in [4.78, 5) is 0.211. The zero-order chi connectivity index (χ0) is 15.5. The summed E-state index contributed by atoms with van der Waals surface area (Å²) in [5.74, 6) is 0.594. The molecular weight excluding hydrogens is 292 g/mol. The van der Waals surface area contributed by atoms with Gasteiger partial charge in [-0.05, 0) is 38.0 Å². The van der Waals surface area contributed by atoms with Crippen LogP contribution in [-0.4, -0.2) is 34.3 Å². The monoisotopic (exact) mass is 314 g/mol. The Morgan fingerprint density at radius 2 is 2.24 bits per heavy atom. The lowest BCUT2D eigenvalue weighted by Gasteiger charge is -2.27. The van der Waals surface area contributed by atoms with Gasteiger partial charge in [0.05, 0.1) is 18.1 Å². The first-order chi connectivity index (χ1) is 9.96. The van der Waals surface area contributed by atoms with Crippen LogP contribution >= 0.6 is 0 Å². The van der Waals surface area contributed by atoms with Gasteiger partial charge in [0.15, 0.2) is 0 Å². The summed E-state index contributed by atoms with van der Waals surface area (Å²) >= 11 is 0. The summed E-state index contributed by atoms with van der Waals surface area (Å²) in [5, 5.41) is 0. The Kier molecular flexibility index (Phi) is 5.21. The highest BCUT2D eigenvalue weighted by atomic mass is 32.2. The number of nitrogens with two attached hydrogens (primary N) is 1. The molecule has 118 valence electrons. The molecule has 0 aliphatic carbocycles. The number of hydrogen-bond acceptors (Lipinski definition) is 5. The van der Waals surface area contributed by atoms with E-state index in [1.54, 1.807) is 12.1 Å². The molecule has 1 heterocycles. The molecule has 6 nitrogen and oxygen atoms in total. The van der Waals surface area contributed by atoms with Crippen molar-refractivity contribution in [3.63, 3.8) is 0 Å². The van der Waals surface area contributed by atoms with Crippen LogP contribution in [0.4, 0.5) is 0 Å². The van der Waals surface area contributed by atoms with Gasteiger partial charge in [-0.2, -0.15) is 0 Å². The summed E-state index contributed by atoms with van der Waals surface area (Å²) < 4.78 is 38.2. The second-order valence-corrected chi connectivity index (χ2v) is 6.92. The lowest BCUT2D eigenvalue weighted by Crippen LogP contribution is -2.41. The van der Waals surface area contributed by atoms with Crippen LogP contribution in [-0.2, 0) is 21.3 Å². The standard InChI is InChI=1S/C14H22N2O4S/c1-10-7-12(5-6-20-10)16-21(17,18)13-3-4-14(19-2)11(8-13)9-15/h3-4,8,10,12,16H,5-7,9,15H2,1-2H3. The smallest absolute Gasteiger partial charge is 0.240 e. The fraction of sp³-hybridized carbons (Fsp3) is 0.571. The molecule has 0 radical (unpaired) electrons. The maximum atomic E-state index is 12.4. The average Bonchev–Trinajstić information content (AvgIpc) is 2.46. The van der Waals surface area contributed by atoms with Gasteiger partial charge in [0.25, 0.3) is 0 Å². The third-order valence-electron chi connectivity index (χ3n) is 3.59. The highest BCUT2D eigenvalue weighted by molar-refractivity contribution is 7.89. The van der Waals surface area contributed by atoms with E-state index in [0.717, 1.165) is 0 Å². The van der Waals surface area contributed by atoms with Crippen LogP contribution in [0.2, 0.25) is 0 Å². The van der Waals surface area contributed by atoms with Crippen molar-refractivity contribution in [2.24, 2.45) is 5.73 Å². The van der Waals surface area contributed by atoms with E-state index in [0.29, 0.717) is 30.8 Å². The zero-order valence-electron chi connectivity index (χ0n) is 12.3. The van der Waals surface area contributed by atoms with Crippen LogP contribution in [0.25, 0.3) is 0 Å². The summed E-state index contributed by atoms with van der Waals surface area (Å²) in [5.41, 5.74) is 6.30. The minimum absolute atomic E-state index is 0.0712. The Bertz CT molecular complexity index is 589. The van der Waals surface area contributed by atoms with E-state index < -0.39 is 10.0 Å². The molecule has 0 aromatic heterocycles. The van der Waals surface area contributed by atoms with E-state index in [2.05, 4.69) is 4.72 Å². The molecule has 2 unspecified atom stereocenters.